The summed E-state index contributed by atoms with van der Waals surface area (Å²) < 4.78 is 110. The molecule has 2 saturated heterocycles. The molecule has 0 spiro atoms. The van der Waals surface area contributed by atoms with Gasteiger partial charge in [0.25, 0.3) is 11.8 Å². The van der Waals surface area contributed by atoms with E-state index >= 15 is 4.39 Å². The summed E-state index contributed by atoms with van der Waals surface area (Å²) in [6.07, 6.45) is -3.69. The number of hydrogen-bond donors (Lipinski definition) is 1. The first-order chi connectivity index (χ1) is 19.4. The van der Waals surface area contributed by atoms with E-state index in [1.54, 1.807) is 0 Å². The van der Waals surface area contributed by atoms with Crippen LogP contribution < -0.4 is 5.32 Å². The molecular weight excluding hydrogens is 612 g/mol. The molecule has 2 aromatic carbocycles. The predicted octanol–water partition coefficient (Wildman–Crippen LogP) is 5.06. The maximum absolute atomic E-state index is 15.7. The molecular formula is C27H26ClF6N3O4S. The van der Waals surface area contributed by atoms with Crippen molar-refractivity contribution in [2.24, 2.45) is 0 Å². The number of benzene rings is 2. The third-order valence-corrected chi connectivity index (χ3v) is 9.50. The molecule has 228 valence electrons. The van der Waals surface area contributed by atoms with Crippen LogP contribution in [-0.4, -0.2) is 73.2 Å². The van der Waals surface area contributed by atoms with E-state index in [0.717, 1.165) is 21.3 Å². The van der Waals surface area contributed by atoms with Crippen LogP contribution >= 0.6 is 11.6 Å². The number of alkyl halides is 6. The van der Waals surface area contributed by atoms with Crippen LogP contribution in [0.4, 0.5) is 26.3 Å². The minimum absolute atomic E-state index is 0.0259. The van der Waals surface area contributed by atoms with Gasteiger partial charge in [-0.15, -0.1) is 0 Å². The molecule has 2 amide bonds. The van der Waals surface area contributed by atoms with Crippen molar-refractivity contribution in [2.75, 3.05) is 26.2 Å². The number of rotatable bonds is 7. The van der Waals surface area contributed by atoms with Crippen molar-refractivity contribution in [1.29, 1.82) is 0 Å². The normalized spacial score (nSPS) is 23.0. The van der Waals surface area contributed by atoms with Crippen molar-refractivity contribution in [3.8, 4) is 11.1 Å². The van der Waals surface area contributed by atoms with Gasteiger partial charge in [0.1, 0.15) is 0 Å². The maximum atomic E-state index is 15.7. The highest BCUT2D eigenvalue weighted by Gasteiger charge is 2.48. The first-order valence-electron chi connectivity index (χ1n) is 12.7. The monoisotopic (exact) mass is 637 g/mol. The highest BCUT2D eigenvalue weighted by molar-refractivity contribution is 7.89. The lowest BCUT2D eigenvalue weighted by molar-refractivity contribution is -0.160. The van der Waals surface area contributed by atoms with Crippen molar-refractivity contribution in [2.45, 2.75) is 48.5 Å². The zero-order valence-corrected chi connectivity index (χ0v) is 23.7. The van der Waals surface area contributed by atoms with E-state index in [2.05, 4.69) is 5.32 Å². The Kier molecular flexibility index (Phi) is 8.74. The first kappa shape index (κ1) is 31.8. The summed E-state index contributed by atoms with van der Waals surface area (Å²) in [5.74, 6) is -4.66. The lowest BCUT2D eigenvalue weighted by Gasteiger charge is -2.39. The molecule has 2 heterocycles. The summed E-state index contributed by atoms with van der Waals surface area (Å²) in [4.78, 5) is 24.9. The molecule has 2 atom stereocenters. The number of nitrogens with one attached hydrogen (secondary N) is 1. The van der Waals surface area contributed by atoms with Crippen molar-refractivity contribution < 1.29 is 44.3 Å². The fourth-order valence-corrected chi connectivity index (χ4v) is 6.99. The predicted molar refractivity (Wildman–Crippen MR) is 142 cm³/mol. The number of likely N-dealkylation sites (tertiary alicyclic amines) is 1. The van der Waals surface area contributed by atoms with E-state index in [-0.39, 0.29) is 22.7 Å². The molecule has 0 unspecified atom stereocenters. The lowest BCUT2D eigenvalue weighted by atomic mass is 9.89. The molecule has 0 radical (unpaired) electrons. The van der Waals surface area contributed by atoms with Gasteiger partial charge in [0.15, 0.2) is 5.67 Å². The van der Waals surface area contributed by atoms with Gasteiger partial charge in [0.05, 0.1) is 23.5 Å². The number of carbonyl (C=O) groups excluding carboxylic acids is 2. The van der Waals surface area contributed by atoms with Crippen LogP contribution in [0.1, 0.15) is 25.3 Å². The third kappa shape index (κ3) is 6.60. The average Bonchev–Trinajstić information content (AvgIpc) is 2.88. The number of piperidine rings is 1. The molecule has 4 rings (SSSR count). The van der Waals surface area contributed by atoms with Crippen LogP contribution in [0.15, 0.2) is 59.5 Å². The molecule has 2 aliphatic heterocycles. The SMILES string of the molecule is C[C@@H]1C[C@](F)(C(=O)NC/C=C\C(=O)N2CC(F)(F)C2)CCN1S(=O)(=O)c1ccc(C(F)(F)F)cc1-c1ccccc1Cl. The second-order valence-corrected chi connectivity index (χ2v) is 12.5. The molecule has 1 N–H and O–H groups in total. The topological polar surface area (TPSA) is 86.8 Å². The van der Waals surface area contributed by atoms with Crippen LogP contribution in [0.2, 0.25) is 5.02 Å². The van der Waals surface area contributed by atoms with Gasteiger partial charge < -0.3 is 10.2 Å². The zero-order valence-electron chi connectivity index (χ0n) is 22.1. The average molecular weight is 638 g/mol. The van der Waals surface area contributed by atoms with Gasteiger partial charge in [-0.3, -0.25) is 9.59 Å². The molecule has 0 bridgehead atoms. The zero-order chi connectivity index (χ0) is 31.1. The number of sulfonamides is 1. The van der Waals surface area contributed by atoms with Gasteiger partial charge >= 0.3 is 6.18 Å². The summed E-state index contributed by atoms with van der Waals surface area (Å²) in [5.41, 5.74) is -3.78. The van der Waals surface area contributed by atoms with Gasteiger partial charge in [0.2, 0.25) is 15.9 Å². The highest BCUT2D eigenvalue weighted by atomic mass is 35.5. The number of carbonyl (C=O) groups is 2. The number of halogens is 7. The van der Waals surface area contributed by atoms with Gasteiger partial charge in [-0.25, -0.2) is 21.6 Å². The quantitative estimate of drug-likeness (QED) is 0.340. The molecule has 0 saturated carbocycles. The molecule has 15 heteroatoms. The number of nitrogens with zero attached hydrogens (tertiary/aromatic N) is 2. The molecule has 2 fully saturated rings. The van der Waals surface area contributed by atoms with E-state index < -0.39 is 88.6 Å². The largest absolute Gasteiger partial charge is 0.416 e. The minimum Gasteiger partial charge on any atom is -0.350 e. The summed E-state index contributed by atoms with van der Waals surface area (Å²) in [6, 6.07) is 6.92. The summed E-state index contributed by atoms with van der Waals surface area (Å²) in [5, 5.41) is 2.32. The van der Waals surface area contributed by atoms with E-state index in [1.165, 1.54) is 37.3 Å². The third-order valence-electron chi connectivity index (χ3n) is 7.10. The Balaban J connectivity index is 1.48. The van der Waals surface area contributed by atoms with E-state index in [9.17, 15) is 40.0 Å². The van der Waals surface area contributed by atoms with Crippen molar-refractivity contribution in [3.63, 3.8) is 0 Å². The molecule has 7 nitrogen and oxygen atoms in total. The fourth-order valence-electron chi connectivity index (χ4n) is 4.93. The Hall–Kier alpha value is -3.10. The van der Waals surface area contributed by atoms with E-state index in [1.807, 2.05) is 0 Å². The van der Waals surface area contributed by atoms with Gasteiger partial charge in [-0.05, 0) is 31.2 Å². The summed E-state index contributed by atoms with van der Waals surface area (Å²) >= 11 is 6.20. The Morgan fingerprint density at radius 2 is 1.76 bits per heavy atom. The minimum atomic E-state index is -4.76. The second kappa shape index (κ2) is 11.5. The fraction of sp³-hybridized carbons (Fsp3) is 0.407. The Labute approximate surface area is 243 Å². The van der Waals surface area contributed by atoms with Gasteiger partial charge in [-0.2, -0.15) is 17.5 Å². The standard InChI is InChI=1S/C27H26ClF6N3O4S/c1-17-14-25(29,24(39)35-11-4-7-23(38)36-15-26(30,31)16-36)10-12-37(17)42(40,41)22-9-8-18(27(32,33)34)13-20(22)19-5-2-3-6-21(19)28/h2-9,13,17H,10-12,14-16H2,1H3,(H,35,39)/b7-4-/t17-,25+/m1/s1. The molecule has 2 aliphatic rings. The smallest absolute Gasteiger partial charge is 0.350 e. The second-order valence-electron chi connectivity index (χ2n) is 10.2. The van der Waals surface area contributed by atoms with Crippen molar-refractivity contribution in [1.82, 2.24) is 14.5 Å². The number of hydrogen-bond acceptors (Lipinski definition) is 4. The Morgan fingerprint density at radius 1 is 1.10 bits per heavy atom. The molecule has 2 aromatic rings. The van der Waals surface area contributed by atoms with E-state index in [4.69, 9.17) is 11.6 Å². The first-order valence-corrected chi connectivity index (χ1v) is 14.5. The van der Waals surface area contributed by atoms with Crippen LogP contribution in [0.25, 0.3) is 11.1 Å². The van der Waals surface area contributed by atoms with Crippen LogP contribution in [0.5, 0.6) is 0 Å². The van der Waals surface area contributed by atoms with Gasteiger partial charge in [0, 0.05) is 54.2 Å². The molecule has 0 aromatic heterocycles. The van der Waals surface area contributed by atoms with Crippen LogP contribution in [0, 0.1) is 0 Å². The molecule has 0 aliphatic carbocycles. The van der Waals surface area contributed by atoms with Crippen molar-refractivity contribution >= 4 is 33.4 Å². The lowest BCUT2D eigenvalue weighted by Crippen LogP contribution is -2.58. The molecule has 42 heavy (non-hydrogen) atoms. The Morgan fingerprint density at radius 3 is 2.36 bits per heavy atom. The number of amides is 2. The highest BCUT2D eigenvalue weighted by Crippen LogP contribution is 2.41. The summed E-state index contributed by atoms with van der Waals surface area (Å²) in [7, 11) is -4.49. The van der Waals surface area contributed by atoms with Crippen LogP contribution in [-0.2, 0) is 25.8 Å². The van der Waals surface area contributed by atoms with E-state index in [0.29, 0.717) is 12.1 Å². The van der Waals surface area contributed by atoms with Gasteiger partial charge in [-0.1, -0.05) is 35.9 Å². The maximum Gasteiger partial charge on any atom is 0.416 e. The summed E-state index contributed by atoms with van der Waals surface area (Å²) in [6.45, 7) is -0.768. The van der Waals surface area contributed by atoms with Crippen molar-refractivity contribution in [3.05, 3.63) is 65.2 Å². The Bertz CT molecular complexity index is 1510. The van der Waals surface area contributed by atoms with Crippen LogP contribution in [0.3, 0.4) is 0 Å².